The summed E-state index contributed by atoms with van der Waals surface area (Å²) in [6.45, 7) is 7.25. The van der Waals surface area contributed by atoms with Crippen LogP contribution in [0.2, 0.25) is 5.02 Å². The number of hydrogen-bond donors (Lipinski definition) is 2. The molecule has 26 heavy (non-hydrogen) atoms. The number of nitrogens with one attached hydrogen (secondary N) is 2. The van der Waals surface area contributed by atoms with E-state index in [1.54, 1.807) is 12.1 Å². The van der Waals surface area contributed by atoms with E-state index in [1.165, 1.54) is 11.9 Å². The molecule has 0 fully saturated rings. The molecule has 0 aromatic heterocycles. The molecular formula is C20H28ClN3OS. The van der Waals surface area contributed by atoms with Gasteiger partial charge in [0.15, 0.2) is 0 Å². The molecule has 1 amide bonds. The van der Waals surface area contributed by atoms with Crippen LogP contribution in [-0.4, -0.2) is 24.8 Å². The van der Waals surface area contributed by atoms with Crippen LogP contribution in [0.1, 0.15) is 39.2 Å². The molecule has 0 unspecified atom stereocenters. The Kier molecular flexibility index (Phi) is 11.6. The number of amides is 1. The van der Waals surface area contributed by atoms with Crippen LogP contribution in [0.15, 0.2) is 52.4 Å². The fraction of sp³-hybridized carbons (Fsp3) is 0.400. The molecule has 2 N–H and O–H groups in total. The van der Waals surface area contributed by atoms with E-state index in [1.807, 2.05) is 24.5 Å². The number of nitrogens with zero attached hydrogens (tertiary/aromatic N) is 1. The summed E-state index contributed by atoms with van der Waals surface area (Å²) in [6, 6.07) is 7.31. The zero-order valence-electron chi connectivity index (χ0n) is 15.7. The molecule has 1 aromatic rings. The highest BCUT2D eigenvalue weighted by Crippen LogP contribution is 2.10. The molecule has 0 bridgehead atoms. The van der Waals surface area contributed by atoms with Crippen LogP contribution in [0.3, 0.4) is 0 Å². The highest BCUT2D eigenvalue weighted by atomic mass is 35.5. The molecule has 1 aromatic carbocycles. The molecule has 0 aliphatic heterocycles. The van der Waals surface area contributed by atoms with Gasteiger partial charge in [0.2, 0.25) is 5.91 Å². The van der Waals surface area contributed by atoms with Crippen molar-refractivity contribution < 1.29 is 4.79 Å². The molecule has 0 spiro atoms. The number of allylic oxidation sites excluding steroid dienone is 2. The van der Waals surface area contributed by atoms with E-state index in [2.05, 4.69) is 41.0 Å². The Hall–Kier alpha value is -1.72. The fourth-order valence-corrected chi connectivity index (χ4v) is 2.94. The maximum Gasteiger partial charge on any atom is 0.224 e. The summed E-state index contributed by atoms with van der Waals surface area (Å²) in [7, 11) is 0. The lowest BCUT2D eigenvalue weighted by Gasteiger charge is -2.10. The largest absolute Gasteiger partial charge is 0.354 e. The molecule has 0 saturated heterocycles. The summed E-state index contributed by atoms with van der Waals surface area (Å²) in [4.78, 5) is 16.6. The summed E-state index contributed by atoms with van der Waals surface area (Å²) in [6.07, 6.45) is 6.41. The molecule has 142 valence electrons. The molecular weight excluding hydrogens is 366 g/mol. The van der Waals surface area contributed by atoms with Crippen LogP contribution in [0.5, 0.6) is 0 Å². The molecule has 4 nitrogen and oxygen atoms in total. The van der Waals surface area contributed by atoms with Crippen molar-refractivity contribution in [2.75, 3.05) is 13.1 Å². The van der Waals surface area contributed by atoms with Gasteiger partial charge in [-0.1, -0.05) is 49.7 Å². The van der Waals surface area contributed by atoms with E-state index in [0.29, 0.717) is 24.5 Å². The van der Waals surface area contributed by atoms with Gasteiger partial charge >= 0.3 is 0 Å². The van der Waals surface area contributed by atoms with Gasteiger partial charge in [-0.15, -0.1) is 0 Å². The number of benzene rings is 1. The first-order chi connectivity index (χ1) is 12.6. The first-order valence-corrected chi connectivity index (χ1v) is 10.1. The maximum absolute atomic E-state index is 12.0. The molecule has 6 heteroatoms. The van der Waals surface area contributed by atoms with Gasteiger partial charge < -0.3 is 10.0 Å². The minimum Gasteiger partial charge on any atom is -0.354 e. The monoisotopic (exact) mass is 393 g/mol. The lowest BCUT2D eigenvalue weighted by molar-refractivity contribution is -0.120. The fourth-order valence-electron chi connectivity index (χ4n) is 2.16. The van der Waals surface area contributed by atoms with E-state index in [0.717, 1.165) is 29.8 Å². The maximum atomic E-state index is 12.0. The second-order valence-electron chi connectivity index (χ2n) is 5.55. The molecule has 0 atom stereocenters. The quantitative estimate of drug-likeness (QED) is 0.257. The van der Waals surface area contributed by atoms with E-state index >= 15 is 0 Å². The molecule has 0 heterocycles. The van der Waals surface area contributed by atoms with Gasteiger partial charge in [-0.3, -0.25) is 9.79 Å². The third-order valence-corrected chi connectivity index (χ3v) is 4.46. The Morgan fingerprint density at radius 1 is 1.27 bits per heavy atom. The van der Waals surface area contributed by atoms with Gasteiger partial charge in [-0.2, -0.15) is 0 Å². The highest BCUT2D eigenvalue weighted by molar-refractivity contribution is 8.00. The van der Waals surface area contributed by atoms with Gasteiger partial charge in [0.25, 0.3) is 0 Å². The van der Waals surface area contributed by atoms with Gasteiger partial charge in [-0.05, 0) is 60.4 Å². The number of carbonyl (C=O) groups excluding carboxylic acids is 1. The normalized spacial score (nSPS) is 12.5. The van der Waals surface area contributed by atoms with Crippen molar-refractivity contribution in [3.8, 4) is 0 Å². The predicted molar refractivity (Wildman–Crippen MR) is 115 cm³/mol. The molecule has 1 rings (SSSR count). The SMILES string of the molecule is C/C=C(\CC)C(=NCCNC(=O)Cc1ccc(Cl)cc1)NS/C=C/CC. The molecule has 0 saturated carbocycles. The Morgan fingerprint density at radius 3 is 2.62 bits per heavy atom. The number of aliphatic imine (C=N–C) groups is 1. The Morgan fingerprint density at radius 2 is 2.00 bits per heavy atom. The summed E-state index contributed by atoms with van der Waals surface area (Å²) in [5.41, 5.74) is 2.11. The van der Waals surface area contributed by atoms with Crippen LogP contribution in [0, 0.1) is 0 Å². The van der Waals surface area contributed by atoms with Gasteiger partial charge in [0, 0.05) is 11.6 Å². The second-order valence-corrected chi connectivity index (χ2v) is 6.70. The number of carbonyl (C=O) groups is 1. The number of hydrogen-bond acceptors (Lipinski definition) is 3. The lowest BCUT2D eigenvalue weighted by atomic mass is 10.1. The lowest BCUT2D eigenvalue weighted by Crippen LogP contribution is -2.28. The minimum atomic E-state index is -0.0148. The van der Waals surface area contributed by atoms with E-state index in [4.69, 9.17) is 11.6 Å². The number of amidine groups is 1. The summed E-state index contributed by atoms with van der Waals surface area (Å²) in [5.74, 6) is 0.853. The van der Waals surface area contributed by atoms with Crippen molar-refractivity contribution in [2.24, 2.45) is 4.99 Å². The van der Waals surface area contributed by atoms with Crippen molar-refractivity contribution in [1.29, 1.82) is 0 Å². The van der Waals surface area contributed by atoms with Crippen LogP contribution < -0.4 is 10.0 Å². The van der Waals surface area contributed by atoms with E-state index in [-0.39, 0.29) is 5.91 Å². The van der Waals surface area contributed by atoms with Gasteiger partial charge in [-0.25, -0.2) is 0 Å². The Balaban J connectivity index is 2.48. The van der Waals surface area contributed by atoms with Crippen LogP contribution >= 0.6 is 23.5 Å². The minimum absolute atomic E-state index is 0.0148. The average molecular weight is 394 g/mol. The molecule has 0 aliphatic carbocycles. The van der Waals surface area contributed by atoms with Crippen molar-refractivity contribution in [2.45, 2.75) is 40.0 Å². The summed E-state index contributed by atoms with van der Waals surface area (Å²) < 4.78 is 3.28. The van der Waals surface area contributed by atoms with Crippen LogP contribution in [-0.2, 0) is 11.2 Å². The van der Waals surface area contributed by atoms with Gasteiger partial charge in [0.1, 0.15) is 5.84 Å². The standard InChI is InChI=1S/C20H28ClN3OS/c1-4-7-14-26-24-20(17(5-2)6-3)23-13-12-22-19(25)15-16-8-10-18(21)11-9-16/h5,7-11,14H,4,6,12-13,15H2,1-3H3,(H,22,25)(H,23,24)/b14-7+,17-5+. The molecule has 0 radical (unpaired) electrons. The van der Waals surface area contributed by atoms with E-state index < -0.39 is 0 Å². The predicted octanol–water partition coefficient (Wildman–Crippen LogP) is 4.92. The number of rotatable bonds is 10. The summed E-state index contributed by atoms with van der Waals surface area (Å²) >= 11 is 7.36. The average Bonchev–Trinajstić information content (AvgIpc) is 2.64. The van der Waals surface area contributed by atoms with Crippen LogP contribution in [0.25, 0.3) is 0 Å². The van der Waals surface area contributed by atoms with Crippen molar-refractivity contribution in [3.05, 3.63) is 58.0 Å². The topological polar surface area (TPSA) is 53.5 Å². The third-order valence-electron chi connectivity index (χ3n) is 3.57. The molecule has 0 aliphatic rings. The van der Waals surface area contributed by atoms with E-state index in [9.17, 15) is 4.79 Å². The van der Waals surface area contributed by atoms with Crippen molar-refractivity contribution in [1.82, 2.24) is 10.0 Å². The van der Waals surface area contributed by atoms with Crippen molar-refractivity contribution >= 4 is 35.3 Å². The van der Waals surface area contributed by atoms with Crippen molar-refractivity contribution in [3.63, 3.8) is 0 Å². The first kappa shape index (κ1) is 22.3. The Bertz CT molecular complexity index is 639. The van der Waals surface area contributed by atoms with Gasteiger partial charge in [0.05, 0.1) is 13.0 Å². The second kappa shape index (κ2) is 13.5. The van der Waals surface area contributed by atoms with Crippen LogP contribution in [0.4, 0.5) is 0 Å². The first-order valence-electron chi connectivity index (χ1n) is 8.88. The number of halogens is 1. The Labute approximate surface area is 166 Å². The zero-order chi connectivity index (χ0) is 19.2. The summed E-state index contributed by atoms with van der Waals surface area (Å²) in [5, 5.41) is 5.60. The zero-order valence-corrected chi connectivity index (χ0v) is 17.3. The smallest absolute Gasteiger partial charge is 0.224 e. The third kappa shape index (κ3) is 9.11. The highest BCUT2D eigenvalue weighted by Gasteiger charge is 2.05.